The van der Waals surface area contributed by atoms with Crippen LogP contribution in [-0.4, -0.2) is 42.3 Å². The Morgan fingerprint density at radius 3 is 2.62 bits per heavy atom. The van der Waals surface area contributed by atoms with E-state index >= 15 is 0 Å². The van der Waals surface area contributed by atoms with Crippen LogP contribution in [0.2, 0.25) is 5.02 Å². The number of methoxy groups -OCH3 is 1. The third-order valence-corrected chi connectivity index (χ3v) is 8.10. The molecule has 1 saturated heterocycles. The first-order chi connectivity index (χ1) is 18.6. The van der Waals surface area contributed by atoms with E-state index in [1.807, 2.05) is 42.5 Å². The lowest BCUT2D eigenvalue weighted by Crippen LogP contribution is -2.42. The van der Waals surface area contributed by atoms with Crippen LogP contribution >= 0.6 is 23.8 Å². The fourth-order valence-electron chi connectivity index (χ4n) is 5.40. The van der Waals surface area contributed by atoms with Gasteiger partial charge in [0.2, 0.25) is 5.91 Å². The Labute approximate surface area is 239 Å². The summed E-state index contributed by atoms with van der Waals surface area (Å²) < 4.78 is 4.92. The third kappa shape index (κ3) is 5.12. The second-order valence-electron chi connectivity index (χ2n) is 10.5. The highest BCUT2D eigenvalue weighted by Crippen LogP contribution is 2.47. The summed E-state index contributed by atoms with van der Waals surface area (Å²) in [4.78, 5) is 21.0. The number of benzene rings is 2. The number of carbonyl (C=O) groups is 1. The van der Waals surface area contributed by atoms with Gasteiger partial charge >= 0.3 is 0 Å². The van der Waals surface area contributed by atoms with E-state index in [9.17, 15) is 4.79 Å². The zero-order valence-electron chi connectivity index (χ0n) is 22.7. The molecule has 5 rings (SSSR count). The standard InChI is InChI=1S/C30H32ClN5O2S/c1-18-16-30(2,3)35(4)25-15-23(31)22(14-21(18)25)28-27(24-8-6-7-13-32-24)34-29(39)36(28)20-11-9-19(10-12-20)33-26(37)17-38-5/h6-16,27-28H,17H2,1-5H3,(H,33,37)(H,34,39)/t27-,28+/m0/s1. The van der Waals surface area contributed by atoms with Crippen LogP contribution in [0.15, 0.2) is 66.9 Å². The molecule has 9 heteroatoms. The van der Waals surface area contributed by atoms with Crippen molar-refractivity contribution >= 4 is 57.5 Å². The molecule has 39 heavy (non-hydrogen) atoms. The fraction of sp³-hybridized carbons (Fsp3) is 0.300. The number of nitrogens with one attached hydrogen (secondary N) is 2. The molecule has 2 atom stereocenters. The van der Waals surface area contributed by atoms with Crippen LogP contribution in [0.1, 0.15) is 49.7 Å². The number of hydrogen-bond donors (Lipinski definition) is 2. The summed E-state index contributed by atoms with van der Waals surface area (Å²) in [5.41, 5.74) is 6.70. The van der Waals surface area contributed by atoms with E-state index in [0.717, 1.165) is 28.2 Å². The number of aromatic nitrogens is 1. The molecule has 0 radical (unpaired) electrons. The predicted octanol–water partition coefficient (Wildman–Crippen LogP) is 6.13. The number of rotatable bonds is 6. The summed E-state index contributed by atoms with van der Waals surface area (Å²) in [5, 5.41) is 7.57. The van der Waals surface area contributed by atoms with Crippen LogP contribution in [0.25, 0.3) is 5.57 Å². The molecule has 7 nitrogen and oxygen atoms in total. The maximum Gasteiger partial charge on any atom is 0.250 e. The number of likely N-dealkylation sites (N-methyl/N-ethyl adjacent to an activating group) is 1. The van der Waals surface area contributed by atoms with Gasteiger partial charge in [-0.2, -0.15) is 0 Å². The first-order valence-electron chi connectivity index (χ1n) is 12.8. The molecule has 0 spiro atoms. The predicted molar refractivity (Wildman–Crippen MR) is 162 cm³/mol. The monoisotopic (exact) mass is 561 g/mol. The molecule has 0 bridgehead atoms. The van der Waals surface area contributed by atoms with Gasteiger partial charge in [0.1, 0.15) is 6.61 Å². The molecule has 1 aromatic heterocycles. The van der Waals surface area contributed by atoms with Gasteiger partial charge in [0.25, 0.3) is 0 Å². The number of pyridine rings is 1. The van der Waals surface area contributed by atoms with Gasteiger partial charge in [-0.25, -0.2) is 0 Å². The number of amides is 1. The Balaban J connectivity index is 1.60. The Kier molecular flexibility index (Phi) is 7.37. The van der Waals surface area contributed by atoms with Crippen molar-refractivity contribution in [1.82, 2.24) is 10.3 Å². The lowest BCUT2D eigenvalue weighted by Gasteiger charge is -2.41. The second-order valence-corrected chi connectivity index (χ2v) is 11.2. The maximum atomic E-state index is 12.0. The molecule has 2 aliphatic heterocycles. The summed E-state index contributed by atoms with van der Waals surface area (Å²) >= 11 is 13.0. The smallest absolute Gasteiger partial charge is 0.250 e. The minimum absolute atomic E-state index is 0.00717. The number of carbonyl (C=O) groups excluding carboxylic acids is 1. The summed E-state index contributed by atoms with van der Waals surface area (Å²) in [7, 11) is 3.59. The largest absolute Gasteiger partial charge is 0.375 e. The molecule has 2 aromatic carbocycles. The van der Waals surface area contributed by atoms with Crippen molar-refractivity contribution in [3.8, 4) is 0 Å². The summed E-state index contributed by atoms with van der Waals surface area (Å²) in [5.74, 6) is -0.214. The lowest BCUT2D eigenvalue weighted by molar-refractivity contribution is -0.119. The fourth-order valence-corrected chi connectivity index (χ4v) is 6.01. The maximum absolute atomic E-state index is 12.0. The van der Waals surface area contributed by atoms with Gasteiger partial charge in [0.05, 0.1) is 23.3 Å². The van der Waals surface area contributed by atoms with Gasteiger partial charge in [-0.05, 0) is 92.7 Å². The summed E-state index contributed by atoms with van der Waals surface area (Å²) in [6.45, 7) is 6.53. The van der Waals surface area contributed by atoms with Gasteiger partial charge < -0.3 is 25.2 Å². The first-order valence-corrected chi connectivity index (χ1v) is 13.6. The Morgan fingerprint density at radius 1 is 1.21 bits per heavy atom. The second kappa shape index (κ2) is 10.6. The van der Waals surface area contributed by atoms with Crippen LogP contribution in [0.4, 0.5) is 17.1 Å². The highest BCUT2D eigenvalue weighted by atomic mass is 35.5. The van der Waals surface area contributed by atoms with E-state index in [4.69, 9.17) is 28.6 Å². The number of fused-ring (bicyclic) bond motifs is 1. The molecular weight excluding hydrogens is 530 g/mol. The van der Waals surface area contributed by atoms with Crippen molar-refractivity contribution in [2.45, 2.75) is 38.4 Å². The Hall–Kier alpha value is -3.46. The van der Waals surface area contributed by atoms with Gasteiger partial charge in [-0.1, -0.05) is 23.7 Å². The van der Waals surface area contributed by atoms with Crippen molar-refractivity contribution in [1.29, 1.82) is 0 Å². The van der Waals surface area contributed by atoms with Crippen LogP contribution in [0.3, 0.4) is 0 Å². The quantitative estimate of drug-likeness (QED) is 0.351. The third-order valence-electron chi connectivity index (χ3n) is 7.46. The van der Waals surface area contributed by atoms with Crippen molar-refractivity contribution in [2.24, 2.45) is 0 Å². The average molecular weight is 562 g/mol. The molecule has 202 valence electrons. The Morgan fingerprint density at radius 2 is 1.95 bits per heavy atom. The number of thiocarbonyl (C=S) groups is 1. The first kappa shape index (κ1) is 27.1. The van der Waals surface area contributed by atoms with E-state index in [1.165, 1.54) is 12.7 Å². The normalized spacial score (nSPS) is 19.8. The van der Waals surface area contributed by atoms with E-state index < -0.39 is 0 Å². The molecule has 0 unspecified atom stereocenters. The average Bonchev–Trinajstić information content (AvgIpc) is 3.24. The molecule has 3 aromatic rings. The van der Waals surface area contributed by atoms with Crippen molar-refractivity contribution in [2.75, 3.05) is 35.9 Å². The van der Waals surface area contributed by atoms with E-state index in [-0.39, 0.29) is 30.1 Å². The summed E-state index contributed by atoms with van der Waals surface area (Å²) in [6, 6.07) is 17.2. The van der Waals surface area contributed by atoms with Crippen LogP contribution in [0.5, 0.6) is 0 Å². The molecule has 1 fully saturated rings. The molecular formula is C30H32ClN5O2S. The molecule has 2 N–H and O–H groups in total. The minimum Gasteiger partial charge on any atom is -0.375 e. The van der Waals surface area contributed by atoms with Crippen molar-refractivity contribution < 1.29 is 9.53 Å². The number of halogens is 1. The number of ether oxygens (including phenoxy) is 1. The SMILES string of the molecule is COCC(=O)Nc1ccc(N2C(=S)N[C@@H](c3ccccn3)[C@H]2c2cc3c(cc2Cl)N(C)C(C)(C)C=C3C)cc1. The van der Waals surface area contributed by atoms with Gasteiger partial charge in [-0.15, -0.1) is 0 Å². The van der Waals surface area contributed by atoms with Crippen molar-refractivity contribution in [3.63, 3.8) is 0 Å². The molecule has 2 aliphatic rings. The van der Waals surface area contributed by atoms with Gasteiger partial charge in [-0.3, -0.25) is 9.78 Å². The highest BCUT2D eigenvalue weighted by molar-refractivity contribution is 7.80. The minimum atomic E-state index is -0.257. The molecule has 1 amide bonds. The lowest BCUT2D eigenvalue weighted by atomic mass is 9.86. The van der Waals surface area contributed by atoms with Crippen molar-refractivity contribution in [3.05, 3.63) is 88.7 Å². The van der Waals surface area contributed by atoms with Crippen LogP contribution < -0.4 is 20.4 Å². The van der Waals surface area contributed by atoms with Crippen LogP contribution in [-0.2, 0) is 9.53 Å². The topological polar surface area (TPSA) is 69.7 Å². The molecule has 0 aliphatic carbocycles. The van der Waals surface area contributed by atoms with E-state index in [1.54, 1.807) is 6.20 Å². The molecule has 3 heterocycles. The zero-order valence-corrected chi connectivity index (χ0v) is 24.2. The number of nitrogens with zero attached hydrogens (tertiary/aromatic N) is 3. The van der Waals surface area contributed by atoms with E-state index in [0.29, 0.717) is 15.8 Å². The highest BCUT2D eigenvalue weighted by Gasteiger charge is 2.42. The Bertz CT molecular complexity index is 1440. The van der Waals surface area contributed by atoms with Gasteiger partial charge in [0, 0.05) is 48.0 Å². The number of anilines is 3. The number of allylic oxidation sites excluding steroid dienone is 1. The summed E-state index contributed by atoms with van der Waals surface area (Å²) in [6.07, 6.45) is 4.07. The number of hydrogen-bond acceptors (Lipinski definition) is 5. The molecule has 0 saturated carbocycles. The zero-order chi connectivity index (χ0) is 27.9. The van der Waals surface area contributed by atoms with Gasteiger partial charge in [0.15, 0.2) is 5.11 Å². The van der Waals surface area contributed by atoms with E-state index in [2.05, 4.69) is 71.4 Å². The van der Waals surface area contributed by atoms with Crippen LogP contribution in [0, 0.1) is 0 Å².